The summed E-state index contributed by atoms with van der Waals surface area (Å²) in [5.41, 5.74) is 1.76. The van der Waals surface area contributed by atoms with Gasteiger partial charge in [0.05, 0.1) is 13.2 Å². The molecule has 0 spiro atoms. The predicted octanol–water partition coefficient (Wildman–Crippen LogP) is 4.09. The van der Waals surface area contributed by atoms with Crippen LogP contribution in [0.3, 0.4) is 0 Å². The number of esters is 1. The lowest BCUT2D eigenvalue weighted by Crippen LogP contribution is -2.36. The number of amides is 1. The van der Waals surface area contributed by atoms with E-state index in [9.17, 15) is 9.59 Å². The first kappa shape index (κ1) is 23.0. The number of hydrogen-bond donors (Lipinski definition) is 0. The van der Waals surface area contributed by atoms with Crippen LogP contribution in [0.5, 0.6) is 11.5 Å². The minimum Gasteiger partial charge on any atom is -0.493 e. The normalized spacial score (nSPS) is 11.9. The summed E-state index contributed by atoms with van der Waals surface area (Å²) in [6, 6.07) is 15.0. The number of carbonyl (C=O) groups excluding carboxylic acids is 2. The van der Waals surface area contributed by atoms with Crippen molar-refractivity contribution in [3.05, 3.63) is 65.7 Å². The molecule has 0 aliphatic carbocycles. The number of ether oxygens (including phenoxy) is 3. The maximum Gasteiger partial charge on any atom is 0.331 e. The lowest BCUT2D eigenvalue weighted by atomic mass is 10.2. The highest BCUT2D eigenvalue weighted by Crippen LogP contribution is 2.29. The van der Waals surface area contributed by atoms with Crippen molar-refractivity contribution in [3.63, 3.8) is 0 Å². The molecule has 0 saturated heterocycles. The smallest absolute Gasteiger partial charge is 0.331 e. The highest BCUT2D eigenvalue weighted by molar-refractivity contribution is 5.90. The maximum atomic E-state index is 12.5. The van der Waals surface area contributed by atoms with Gasteiger partial charge in [0, 0.05) is 19.7 Å². The van der Waals surface area contributed by atoms with Crippen molar-refractivity contribution >= 4 is 18.0 Å². The topological polar surface area (TPSA) is 65.1 Å². The number of likely N-dealkylation sites (N-methyl/N-ethyl adjacent to an activating group) is 1. The molecule has 0 saturated carbocycles. The van der Waals surface area contributed by atoms with Crippen LogP contribution < -0.4 is 9.47 Å². The molecule has 160 valence electrons. The second-order valence-corrected chi connectivity index (χ2v) is 7.17. The zero-order valence-electron chi connectivity index (χ0n) is 18.1. The van der Waals surface area contributed by atoms with Crippen LogP contribution in [0.25, 0.3) is 6.08 Å². The van der Waals surface area contributed by atoms with Crippen LogP contribution in [0.2, 0.25) is 0 Å². The van der Waals surface area contributed by atoms with Gasteiger partial charge in [0.25, 0.3) is 5.91 Å². The highest BCUT2D eigenvalue weighted by atomic mass is 16.5. The average molecular weight is 411 g/mol. The van der Waals surface area contributed by atoms with E-state index >= 15 is 0 Å². The number of hydrogen-bond acceptors (Lipinski definition) is 5. The molecule has 6 heteroatoms. The van der Waals surface area contributed by atoms with Crippen molar-refractivity contribution in [2.24, 2.45) is 0 Å². The fourth-order valence-corrected chi connectivity index (χ4v) is 2.81. The minimum absolute atomic E-state index is 0.0225. The Kier molecular flexibility index (Phi) is 8.47. The molecule has 0 heterocycles. The summed E-state index contributed by atoms with van der Waals surface area (Å²) >= 11 is 0. The zero-order valence-corrected chi connectivity index (χ0v) is 18.1. The van der Waals surface area contributed by atoms with Gasteiger partial charge < -0.3 is 19.1 Å². The summed E-state index contributed by atoms with van der Waals surface area (Å²) in [6.07, 6.45) is 2.04. The summed E-state index contributed by atoms with van der Waals surface area (Å²) in [5.74, 6) is 0.348. The molecule has 30 heavy (non-hydrogen) atoms. The Labute approximate surface area is 178 Å². The van der Waals surface area contributed by atoms with Gasteiger partial charge in [0.15, 0.2) is 17.6 Å². The monoisotopic (exact) mass is 411 g/mol. The molecule has 1 amide bonds. The Morgan fingerprint density at radius 2 is 1.73 bits per heavy atom. The Morgan fingerprint density at radius 1 is 1.03 bits per heavy atom. The van der Waals surface area contributed by atoms with Crippen molar-refractivity contribution in [3.8, 4) is 11.5 Å². The zero-order chi connectivity index (χ0) is 22.1. The molecular weight excluding hydrogens is 382 g/mol. The second kappa shape index (κ2) is 11.0. The Balaban J connectivity index is 1.94. The van der Waals surface area contributed by atoms with Crippen molar-refractivity contribution in [2.75, 3.05) is 14.2 Å². The van der Waals surface area contributed by atoms with Crippen LogP contribution in [-0.2, 0) is 20.9 Å². The average Bonchev–Trinajstić information content (AvgIpc) is 2.72. The summed E-state index contributed by atoms with van der Waals surface area (Å²) in [6.45, 7) is 5.88. The van der Waals surface area contributed by atoms with Gasteiger partial charge in [-0.2, -0.15) is 0 Å². The molecule has 0 unspecified atom stereocenters. The van der Waals surface area contributed by atoms with Gasteiger partial charge in [-0.1, -0.05) is 36.4 Å². The standard InChI is InChI=1S/C24H29NO5/c1-17(2)29-21-13-11-19(15-22(21)28-5)12-14-23(26)30-18(3)24(27)25(4)16-20-9-7-6-8-10-20/h6-15,17-18H,16H2,1-5H3/b14-12+/t18-/m0/s1. The van der Waals surface area contributed by atoms with Crippen LogP contribution in [0.15, 0.2) is 54.6 Å². The Hall–Kier alpha value is -3.28. The Morgan fingerprint density at radius 3 is 2.37 bits per heavy atom. The van der Waals surface area contributed by atoms with E-state index in [1.807, 2.05) is 50.2 Å². The van der Waals surface area contributed by atoms with Crippen LogP contribution in [0, 0.1) is 0 Å². The van der Waals surface area contributed by atoms with Crippen LogP contribution in [0.1, 0.15) is 31.9 Å². The van der Waals surface area contributed by atoms with Crippen molar-refractivity contribution < 1.29 is 23.8 Å². The van der Waals surface area contributed by atoms with Gasteiger partial charge in [0.2, 0.25) is 0 Å². The first-order valence-corrected chi connectivity index (χ1v) is 9.82. The van der Waals surface area contributed by atoms with E-state index in [0.29, 0.717) is 18.0 Å². The molecule has 0 bridgehead atoms. The third kappa shape index (κ3) is 6.95. The molecular formula is C24H29NO5. The molecule has 2 aromatic rings. The SMILES string of the molecule is COc1cc(/C=C/C(=O)O[C@@H](C)C(=O)N(C)Cc2ccccc2)ccc1OC(C)C. The van der Waals surface area contributed by atoms with Crippen molar-refractivity contribution in [1.82, 2.24) is 4.90 Å². The summed E-state index contributed by atoms with van der Waals surface area (Å²) in [7, 11) is 3.24. The van der Waals surface area contributed by atoms with Gasteiger partial charge in [-0.3, -0.25) is 4.79 Å². The van der Waals surface area contributed by atoms with Crippen LogP contribution >= 0.6 is 0 Å². The second-order valence-electron chi connectivity index (χ2n) is 7.17. The van der Waals surface area contributed by atoms with Gasteiger partial charge in [0.1, 0.15) is 0 Å². The largest absolute Gasteiger partial charge is 0.493 e. The lowest BCUT2D eigenvalue weighted by molar-refractivity contribution is -0.154. The molecule has 0 aromatic heterocycles. The molecule has 0 fully saturated rings. The fourth-order valence-electron chi connectivity index (χ4n) is 2.81. The van der Waals surface area contributed by atoms with Gasteiger partial charge >= 0.3 is 5.97 Å². The number of benzene rings is 2. The van der Waals surface area contributed by atoms with Crippen molar-refractivity contribution in [1.29, 1.82) is 0 Å². The number of nitrogens with zero attached hydrogens (tertiary/aromatic N) is 1. The fraction of sp³-hybridized carbons (Fsp3) is 0.333. The molecule has 6 nitrogen and oxygen atoms in total. The van der Waals surface area contributed by atoms with Crippen molar-refractivity contribution in [2.45, 2.75) is 39.5 Å². The van der Waals surface area contributed by atoms with E-state index in [1.165, 1.54) is 11.0 Å². The first-order valence-electron chi connectivity index (χ1n) is 9.82. The molecule has 1 atom stereocenters. The molecule has 0 N–H and O–H groups in total. The highest BCUT2D eigenvalue weighted by Gasteiger charge is 2.20. The van der Waals surface area contributed by atoms with E-state index in [1.54, 1.807) is 39.3 Å². The molecule has 0 radical (unpaired) electrons. The molecule has 0 aliphatic rings. The predicted molar refractivity (Wildman–Crippen MR) is 116 cm³/mol. The van der Waals surface area contributed by atoms with Gasteiger partial charge in [-0.15, -0.1) is 0 Å². The summed E-state index contributed by atoms with van der Waals surface area (Å²) in [4.78, 5) is 26.1. The van der Waals surface area contributed by atoms with E-state index in [2.05, 4.69) is 0 Å². The maximum absolute atomic E-state index is 12.5. The lowest BCUT2D eigenvalue weighted by Gasteiger charge is -2.21. The van der Waals surface area contributed by atoms with E-state index < -0.39 is 12.1 Å². The van der Waals surface area contributed by atoms with E-state index in [0.717, 1.165) is 11.1 Å². The number of rotatable bonds is 9. The van der Waals surface area contributed by atoms with E-state index in [4.69, 9.17) is 14.2 Å². The summed E-state index contributed by atoms with van der Waals surface area (Å²) in [5, 5.41) is 0. The number of methoxy groups -OCH3 is 1. The van der Waals surface area contributed by atoms with Crippen LogP contribution in [0.4, 0.5) is 0 Å². The molecule has 2 aromatic carbocycles. The van der Waals surface area contributed by atoms with Gasteiger partial charge in [-0.05, 0) is 50.1 Å². The Bertz CT molecular complexity index is 876. The summed E-state index contributed by atoms with van der Waals surface area (Å²) < 4.78 is 16.3. The van der Waals surface area contributed by atoms with E-state index in [-0.39, 0.29) is 12.0 Å². The first-order chi connectivity index (χ1) is 14.3. The molecule has 2 rings (SSSR count). The molecule has 0 aliphatic heterocycles. The third-order valence-corrected chi connectivity index (χ3v) is 4.24. The minimum atomic E-state index is -0.882. The van der Waals surface area contributed by atoms with Crippen LogP contribution in [-0.4, -0.2) is 43.1 Å². The van der Waals surface area contributed by atoms with Gasteiger partial charge in [-0.25, -0.2) is 4.79 Å². The number of carbonyl (C=O) groups is 2. The third-order valence-electron chi connectivity index (χ3n) is 4.24. The quantitative estimate of drug-likeness (QED) is 0.459.